The van der Waals surface area contributed by atoms with Gasteiger partial charge in [-0.05, 0) is 89.2 Å². The van der Waals surface area contributed by atoms with Gasteiger partial charge in [-0.25, -0.2) is 4.79 Å². The van der Waals surface area contributed by atoms with E-state index in [1.807, 2.05) is 27.8 Å². The third-order valence-corrected chi connectivity index (χ3v) is 7.87. The summed E-state index contributed by atoms with van der Waals surface area (Å²) >= 11 is 0. The maximum atomic E-state index is 13.7. The van der Waals surface area contributed by atoms with Crippen molar-refractivity contribution in [2.45, 2.75) is 77.4 Å². The molecule has 2 heterocycles. The van der Waals surface area contributed by atoms with Crippen molar-refractivity contribution in [3.8, 4) is 0 Å². The number of nitrogens with one attached hydrogen (secondary N) is 1. The number of aromatic amines is 1. The van der Waals surface area contributed by atoms with Crippen LogP contribution in [0, 0.1) is 17.8 Å². The number of para-hydroxylation sites is 1. The van der Waals surface area contributed by atoms with Crippen LogP contribution in [0.15, 0.2) is 24.3 Å². The fourth-order valence-corrected chi connectivity index (χ4v) is 6.05. The Bertz CT molecular complexity index is 1060. The summed E-state index contributed by atoms with van der Waals surface area (Å²) in [6.45, 7) is 7.20. The van der Waals surface area contributed by atoms with Crippen LogP contribution in [0.5, 0.6) is 0 Å². The lowest BCUT2D eigenvalue weighted by molar-refractivity contribution is -0.140. The molecule has 2 fully saturated rings. The first kappa shape index (κ1) is 23.3. The van der Waals surface area contributed by atoms with Crippen LogP contribution in [0.2, 0.25) is 0 Å². The van der Waals surface area contributed by atoms with E-state index in [0.29, 0.717) is 24.3 Å². The van der Waals surface area contributed by atoms with E-state index in [-0.39, 0.29) is 18.1 Å². The van der Waals surface area contributed by atoms with Gasteiger partial charge in [-0.2, -0.15) is 0 Å². The van der Waals surface area contributed by atoms with E-state index in [1.54, 1.807) is 4.90 Å². The second kappa shape index (κ2) is 8.94. The Labute approximate surface area is 203 Å². The Morgan fingerprint density at radius 3 is 2.47 bits per heavy atom. The van der Waals surface area contributed by atoms with Crippen LogP contribution in [0.1, 0.15) is 76.6 Å². The zero-order chi connectivity index (χ0) is 24.0. The molecule has 5 rings (SSSR count). The van der Waals surface area contributed by atoms with Crippen LogP contribution in [0.4, 0.5) is 4.79 Å². The number of carbonyl (C=O) groups excluding carboxylic acids is 2. The third kappa shape index (κ3) is 4.69. The van der Waals surface area contributed by atoms with Gasteiger partial charge in [0.2, 0.25) is 5.91 Å². The highest BCUT2D eigenvalue weighted by atomic mass is 16.6. The van der Waals surface area contributed by atoms with Gasteiger partial charge in [0.25, 0.3) is 0 Å². The van der Waals surface area contributed by atoms with Crippen molar-refractivity contribution in [1.29, 1.82) is 0 Å². The smallest absolute Gasteiger partial charge is 0.410 e. The molecule has 3 aliphatic rings. The molecule has 34 heavy (non-hydrogen) atoms. The predicted molar refractivity (Wildman–Crippen MR) is 133 cm³/mol. The molecule has 1 atom stereocenters. The number of nitrogens with zero attached hydrogens (tertiary/aromatic N) is 2. The molecule has 1 unspecified atom stereocenters. The minimum atomic E-state index is -0.479. The Balaban J connectivity index is 1.22. The molecule has 6 heteroatoms. The summed E-state index contributed by atoms with van der Waals surface area (Å²) < 4.78 is 5.49. The number of ether oxygens (including phenoxy) is 1. The molecule has 184 valence electrons. The highest BCUT2D eigenvalue weighted by molar-refractivity contribution is 5.86. The highest BCUT2D eigenvalue weighted by Gasteiger charge is 2.44. The summed E-state index contributed by atoms with van der Waals surface area (Å²) in [6, 6.07) is 8.76. The molecule has 6 nitrogen and oxygen atoms in total. The van der Waals surface area contributed by atoms with E-state index in [1.165, 1.54) is 35.0 Å². The highest BCUT2D eigenvalue weighted by Crippen LogP contribution is 2.49. The monoisotopic (exact) mass is 465 g/mol. The Morgan fingerprint density at radius 2 is 1.79 bits per heavy atom. The normalized spacial score (nSPS) is 25.2. The number of hydrogen-bond acceptors (Lipinski definition) is 3. The number of rotatable bonds is 4. The number of amides is 2. The second-order valence-electron chi connectivity index (χ2n) is 11.7. The number of hydrogen-bond donors (Lipinski definition) is 1. The molecule has 1 aromatic heterocycles. The van der Waals surface area contributed by atoms with E-state index in [0.717, 1.165) is 38.6 Å². The van der Waals surface area contributed by atoms with Crippen LogP contribution in [-0.2, 0) is 16.0 Å². The molecule has 2 aromatic rings. The van der Waals surface area contributed by atoms with Crippen molar-refractivity contribution in [2.24, 2.45) is 17.8 Å². The van der Waals surface area contributed by atoms with E-state index in [9.17, 15) is 9.59 Å². The van der Waals surface area contributed by atoms with E-state index < -0.39 is 5.60 Å². The van der Waals surface area contributed by atoms with Crippen molar-refractivity contribution in [1.82, 2.24) is 14.8 Å². The van der Waals surface area contributed by atoms with E-state index in [4.69, 9.17) is 4.74 Å². The summed E-state index contributed by atoms with van der Waals surface area (Å²) in [5, 5.41) is 1.32. The molecule has 0 spiro atoms. The van der Waals surface area contributed by atoms with Crippen LogP contribution in [-0.4, -0.2) is 52.5 Å². The van der Waals surface area contributed by atoms with Gasteiger partial charge in [0.1, 0.15) is 5.60 Å². The fraction of sp³-hybridized carbons (Fsp3) is 0.643. The fourth-order valence-electron chi connectivity index (χ4n) is 6.05. The average molecular weight is 466 g/mol. The van der Waals surface area contributed by atoms with Crippen LogP contribution >= 0.6 is 0 Å². The molecular weight excluding hydrogens is 426 g/mol. The minimum absolute atomic E-state index is 0.107. The molecule has 1 N–H and O–H groups in total. The summed E-state index contributed by atoms with van der Waals surface area (Å²) in [6.07, 6.45) is 6.91. The van der Waals surface area contributed by atoms with Gasteiger partial charge < -0.3 is 19.5 Å². The van der Waals surface area contributed by atoms with E-state index >= 15 is 0 Å². The molecule has 0 saturated heterocycles. The van der Waals surface area contributed by atoms with Crippen molar-refractivity contribution in [3.05, 3.63) is 35.5 Å². The van der Waals surface area contributed by atoms with Gasteiger partial charge in [0, 0.05) is 42.7 Å². The number of fused-ring (bicyclic) bond motifs is 3. The Kier molecular flexibility index (Phi) is 6.11. The number of carbonyl (C=O) groups is 2. The van der Waals surface area contributed by atoms with Gasteiger partial charge in [0.15, 0.2) is 0 Å². The lowest BCUT2D eigenvalue weighted by atomic mass is 9.80. The summed E-state index contributed by atoms with van der Waals surface area (Å²) in [5.74, 6) is 1.48. The molecular formula is C28H39N3O3. The molecule has 1 aliphatic heterocycles. The first-order valence-corrected chi connectivity index (χ1v) is 13.1. The molecule has 2 aliphatic carbocycles. The Hall–Kier alpha value is -2.50. The SMILES string of the molecule is CN(C[C@H]1CC[C@H](C(=O)N2CCc3c([nH]c4ccccc34)C2C2CC2)CC1)C(=O)OC(C)(C)C. The first-order valence-electron chi connectivity index (χ1n) is 13.1. The molecule has 0 bridgehead atoms. The average Bonchev–Trinajstić information content (AvgIpc) is 3.57. The van der Waals surface area contributed by atoms with Crippen molar-refractivity contribution in [2.75, 3.05) is 20.1 Å². The van der Waals surface area contributed by atoms with Gasteiger partial charge in [0.05, 0.1) is 6.04 Å². The number of benzene rings is 1. The topological polar surface area (TPSA) is 65.6 Å². The predicted octanol–water partition coefficient (Wildman–Crippen LogP) is 5.68. The zero-order valence-electron chi connectivity index (χ0n) is 21.1. The first-order chi connectivity index (χ1) is 16.2. The number of aromatic nitrogens is 1. The second-order valence-corrected chi connectivity index (χ2v) is 11.7. The van der Waals surface area contributed by atoms with Crippen molar-refractivity contribution in [3.63, 3.8) is 0 Å². The minimum Gasteiger partial charge on any atom is -0.444 e. The molecule has 2 amide bonds. The van der Waals surface area contributed by atoms with Crippen molar-refractivity contribution >= 4 is 22.9 Å². The summed E-state index contributed by atoms with van der Waals surface area (Å²) in [7, 11) is 1.82. The van der Waals surface area contributed by atoms with Gasteiger partial charge in [-0.3, -0.25) is 4.79 Å². The quantitative estimate of drug-likeness (QED) is 0.632. The molecule has 2 saturated carbocycles. The Morgan fingerprint density at radius 1 is 1.09 bits per heavy atom. The summed E-state index contributed by atoms with van der Waals surface area (Å²) in [5.41, 5.74) is 3.43. The van der Waals surface area contributed by atoms with Crippen LogP contribution < -0.4 is 0 Å². The maximum Gasteiger partial charge on any atom is 0.410 e. The van der Waals surface area contributed by atoms with Crippen LogP contribution in [0.25, 0.3) is 10.9 Å². The maximum absolute atomic E-state index is 13.7. The summed E-state index contributed by atoms with van der Waals surface area (Å²) in [4.78, 5) is 33.7. The third-order valence-electron chi connectivity index (χ3n) is 7.87. The molecule has 1 aromatic carbocycles. The standard InChI is InChI=1S/C28H39N3O3/c1-28(2,3)34-27(33)30(4)17-18-9-11-20(12-10-18)26(32)31-16-15-22-21-7-5-6-8-23(21)29-24(22)25(31)19-13-14-19/h5-8,18-20,25,29H,9-17H2,1-4H3/t18-,20-,25?. The van der Waals surface area contributed by atoms with Gasteiger partial charge in [-0.1, -0.05) is 18.2 Å². The zero-order valence-corrected chi connectivity index (χ0v) is 21.1. The van der Waals surface area contributed by atoms with Crippen molar-refractivity contribution < 1.29 is 14.3 Å². The van der Waals surface area contributed by atoms with E-state index in [2.05, 4.69) is 34.1 Å². The van der Waals surface area contributed by atoms with Gasteiger partial charge >= 0.3 is 6.09 Å². The largest absolute Gasteiger partial charge is 0.444 e. The molecule has 0 radical (unpaired) electrons. The number of H-pyrrole nitrogens is 1. The van der Waals surface area contributed by atoms with Gasteiger partial charge in [-0.15, -0.1) is 0 Å². The lowest BCUT2D eigenvalue weighted by Crippen LogP contribution is -2.45. The van der Waals surface area contributed by atoms with Crippen LogP contribution in [0.3, 0.4) is 0 Å². The lowest BCUT2D eigenvalue weighted by Gasteiger charge is -2.40.